The molecule has 24 heavy (non-hydrogen) atoms. The first-order valence-electron chi connectivity index (χ1n) is 8.04. The summed E-state index contributed by atoms with van der Waals surface area (Å²) in [6.07, 6.45) is 2.98. The van der Waals surface area contributed by atoms with E-state index in [-0.39, 0.29) is 6.29 Å². The Morgan fingerprint density at radius 1 is 1.08 bits per heavy atom. The van der Waals surface area contributed by atoms with Gasteiger partial charge in [0.25, 0.3) is 0 Å². The summed E-state index contributed by atoms with van der Waals surface area (Å²) >= 11 is 0. The van der Waals surface area contributed by atoms with E-state index in [0.29, 0.717) is 25.6 Å². The molecule has 0 saturated carbocycles. The van der Waals surface area contributed by atoms with Crippen molar-refractivity contribution in [2.45, 2.75) is 20.1 Å². The standard InChI is InChI=1S/C17H21N5O2/c1-3-23-15(24-4-2)11-18-16-14-10-21-22(17(14)20-12-19-16)13-8-6-5-7-9-13/h5-10,12,15H,3-4,11H2,1-2H3,(H,18,19,20). The molecule has 3 aromatic rings. The van der Waals surface area contributed by atoms with Crippen molar-refractivity contribution in [3.63, 3.8) is 0 Å². The molecular weight excluding hydrogens is 306 g/mol. The van der Waals surface area contributed by atoms with Crippen molar-refractivity contribution in [3.8, 4) is 5.69 Å². The molecule has 126 valence electrons. The van der Waals surface area contributed by atoms with Crippen LogP contribution in [-0.2, 0) is 9.47 Å². The summed E-state index contributed by atoms with van der Waals surface area (Å²) in [6, 6.07) is 9.89. The van der Waals surface area contributed by atoms with Crippen LogP contribution in [0.4, 0.5) is 5.82 Å². The Labute approximate surface area is 140 Å². The average Bonchev–Trinajstić information content (AvgIpc) is 3.05. The van der Waals surface area contributed by atoms with Gasteiger partial charge in [-0.05, 0) is 26.0 Å². The molecule has 7 nitrogen and oxygen atoms in total. The van der Waals surface area contributed by atoms with Gasteiger partial charge in [0.05, 0.1) is 23.8 Å². The maximum absolute atomic E-state index is 5.54. The molecular formula is C17H21N5O2. The van der Waals surface area contributed by atoms with E-state index in [9.17, 15) is 0 Å². The zero-order valence-electron chi connectivity index (χ0n) is 13.8. The summed E-state index contributed by atoms with van der Waals surface area (Å²) in [6.45, 7) is 5.58. The number of ether oxygens (including phenoxy) is 2. The summed E-state index contributed by atoms with van der Waals surface area (Å²) in [5.74, 6) is 0.714. The molecule has 3 rings (SSSR count). The number of rotatable bonds is 8. The van der Waals surface area contributed by atoms with Gasteiger partial charge in [0.2, 0.25) is 0 Å². The van der Waals surface area contributed by atoms with Gasteiger partial charge in [-0.3, -0.25) is 0 Å². The maximum atomic E-state index is 5.54. The first-order valence-corrected chi connectivity index (χ1v) is 8.04. The number of nitrogens with one attached hydrogen (secondary N) is 1. The van der Waals surface area contributed by atoms with Crippen LogP contribution in [0.1, 0.15) is 13.8 Å². The van der Waals surface area contributed by atoms with E-state index < -0.39 is 0 Å². The summed E-state index contributed by atoms with van der Waals surface area (Å²) in [5.41, 5.74) is 1.71. The van der Waals surface area contributed by atoms with Crippen LogP contribution in [0, 0.1) is 0 Å². The molecule has 2 heterocycles. The van der Waals surface area contributed by atoms with Gasteiger partial charge >= 0.3 is 0 Å². The van der Waals surface area contributed by atoms with Crippen LogP contribution < -0.4 is 5.32 Å². The molecule has 7 heteroatoms. The Morgan fingerprint density at radius 3 is 2.54 bits per heavy atom. The molecule has 0 aliphatic carbocycles. The van der Waals surface area contributed by atoms with E-state index >= 15 is 0 Å². The molecule has 0 aliphatic heterocycles. The number of benzene rings is 1. The Bertz CT molecular complexity index is 769. The molecule has 0 bridgehead atoms. The van der Waals surface area contributed by atoms with Crippen molar-refractivity contribution in [1.82, 2.24) is 19.7 Å². The lowest BCUT2D eigenvalue weighted by molar-refractivity contribution is -0.126. The highest BCUT2D eigenvalue weighted by Crippen LogP contribution is 2.21. The molecule has 0 radical (unpaired) electrons. The van der Waals surface area contributed by atoms with Crippen LogP contribution in [0.15, 0.2) is 42.9 Å². The van der Waals surface area contributed by atoms with Crippen LogP contribution in [0.3, 0.4) is 0 Å². The summed E-state index contributed by atoms with van der Waals surface area (Å²) in [4.78, 5) is 8.68. The smallest absolute Gasteiger partial charge is 0.174 e. The fraction of sp³-hybridized carbons (Fsp3) is 0.353. The third-order valence-electron chi connectivity index (χ3n) is 3.51. The third kappa shape index (κ3) is 3.52. The molecule has 1 N–H and O–H groups in total. The van der Waals surface area contributed by atoms with Crippen molar-refractivity contribution < 1.29 is 9.47 Å². The SMILES string of the molecule is CCOC(CNc1ncnc2c1cnn2-c1ccccc1)OCC. The summed E-state index contributed by atoms with van der Waals surface area (Å²) in [7, 11) is 0. The Balaban J connectivity index is 1.84. The highest BCUT2D eigenvalue weighted by molar-refractivity contribution is 5.87. The van der Waals surface area contributed by atoms with Gasteiger partial charge in [0, 0.05) is 13.2 Å². The van der Waals surface area contributed by atoms with Crippen molar-refractivity contribution in [1.29, 1.82) is 0 Å². The predicted octanol–water partition coefficient (Wildman–Crippen LogP) is 2.63. The first kappa shape index (κ1) is 16.4. The lowest BCUT2D eigenvalue weighted by Crippen LogP contribution is -2.26. The van der Waals surface area contributed by atoms with E-state index in [1.54, 1.807) is 10.9 Å². The molecule has 2 aromatic heterocycles. The van der Waals surface area contributed by atoms with Crippen molar-refractivity contribution in [2.24, 2.45) is 0 Å². The molecule has 0 unspecified atom stereocenters. The van der Waals surface area contributed by atoms with E-state index in [0.717, 1.165) is 16.7 Å². The van der Waals surface area contributed by atoms with E-state index in [2.05, 4.69) is 20.4 Å². The fourth-order valence-electron chi connectivity index (χ4n) is 2.46. The van der Waals surface area contributed by atoms with Crippen LogP contribution in [0.5, 0.6) is 0 Å². The minimum Gasteiger partial charge on any atom is -0.364 e. The monoisotopic (exact) mass is 327 g/mol. The molecule has 1 aromatic carbocycles. The Kier molecular flexibility index (Phi) is 5.35. The van der Waals surface area contributed by atoms with Crippen molar-refractivity contribution in [3.05, 3.63) is 42.9 Å². The second kappa shape index (κ2) is 7.85. The van der Waals surface area contributed by atoms with Crippen LogP contribution >= 0.6 is 0 Å². The normalized spacial score (nSPS) is 11.3. The minimum atomic E-state index is -0.311. The van der Waals surface area contributed by atoms with E-state index in [1.807, 2.05) is 44.2 Å². The quantitative estimate of drug-likeness (QED) is 0.641. The Morgan fingerprint density at radius 2 is 1.83 bits per heavy atom. The van der Waals surface area contributed by atoms with Gasteiger partial charge in [-0.25, -0.2) is 14.6 Å². The molecule has 0 saturated heterocycles. The molecule has 0 aliphatic rings. The topological polar surface area (TPSA) is 74.1 Å². The molecule has 0 fully saturated rings. The molecule has 0 atom stereocenters. The van der Waals surface area contributed by atoms with E-state index in [4.69, 9.17) is 9.47 Å². The van der Waals surface area contributed by atoms with Crippen LogP contribution in [-0.4, -0.2) is 45.8 Å². The first-order chi connectivity index (χ1) is 11.8. The number of hydrogen-bond acceptors (Lipinski definition) is 6. The second-order valence-electron chi connectivity index (χ2n) is 5.07. The highest BCUT2D eigenvalue weighted by atomic mass is 16.7. The molecule has 0 spiro atoms. The van der Waals surface area contributed by atoms with Crippen LogP contribution in [0.25, 0.3) is 16.7 Å². The minimum absolute atomic E-state index is 0.311. The third-order valence-corrected chi connectivity index (χ3v) is 3.51. The zero-order valence-corrected chi connectivity index (χ0v) is 13.8. The van der Waals surface area contributed by atoms with Gasteiger partial charge in [-0.1, -0.05) is 18.2 Å². The molecule has 0 amide bonds. The van der Waals surface area contributed by atoms with Gasteiger partial charge < -0.3 is 14.8 Å². The number of fused-ring (bicyclic) bond motifs is 1. The number of anilines is 1. The van der Waals surface area contributed by atoms with Crippen molar-refractivity contribution in [2.75, 3.05) is 25.1 Å². The average molecular weight is 327 g/mol. The van der Waals surface area contributed by atoms with Gasteiger partial charge in [0.1, 0.15) is 12.1 Å². The summed E-state index contributed by atoms with van der Waals surface area (Å²) < 4.78 is 12.9. The Hall–Kier alpha value is -2.51. The van der Waals surface area contributed by atoms with Gasteiger partial charge in [0.15, 0.2) is 11.9 Å². The lowest BCUT2D eigenvalue weighted by Gasteiger charge is -2.17. The number of nitrogens with zero attached hydrogens (tertiary/aromatic N) is 4. The fourth-order valence-corrected chi connectivity index (χ4v) is 2.46. The summed E-state index contributed by atoms with van der Waals surface area (Å²) in [5, 5.41) is 8.56. The highest BCUT2D eigenvalue weighted by Gasteiger charge is 2.13. The zero-order chi connectivity index (χ0) is 16.8. The van der Waals surface area contributed by atoms with Gasteiger partial charge in [-0.15, -0.1) is 0 Å². The van der Waals surface area contributed by atoms with E-state index in [1.165, 1.54) is 6.33 Å². The predicted molar refractivity (Wildman–Crippen MR) is 92.2 cm³/mol. The second-order valence-corrected chi connectivity index (χ2v) is 5.07. The van der Waals surface area contributed by atoms with Gasteiger partial charge in [-0.2, -0.15) is 5.10 Å². The van der Waals surface area contributed by atoms with Crippen LogP contribution in [0.2, 0.25) is 0 Å². The number of para-hydroxylation sites is 1. The maximum Gasteiger partial charge on any atom is 0.174 e. The van der Waals surface area contributed by atoms with Crippen molar-refractivity contribution >= 4 is 16.9 Å². The number of aromatic nitrogens is 4. The lowest BCUT2D eigenvalue weighted by atomic mass is 10.3. The number of hydrogen-bond donors (Lipinski definition) is 1. The largest absolute Gasteiger partial charge is 0.364 e.